The van der Waals surface area contributed by atoms with Crippen LogP contribution in [0.15, 0.2) is 0 Å². The molecule has 0 saturated heterocycles. The maximum atomic E-state index is 11.9. The summed E-state index contributed by atoms with van der Waals surface area (Å²) in [7, 11) is 0. The highest BCUT2D eigenvalue weighted by Gasteiger charge is 2.27. The molecule has 0 heterocycles. The molecule has 6 heteroatoms. The molecule has 0 aromatic carbocycles. The number of halogens is 3. The second kappa shape index (κ2) is 7.13. The summed E-state index contributed by atoms with van der Waals surface area (Å²) in [5.41, 5.74) is 0. The number of thioether (sulfide) groups is 1. The Kier molecular flexibility index (Phi) is 6.97. The third-order valence-electron chi connectivity index (χ3n) is 1.97. The number of carbonyl (C=O) groups excluding carboxylic acids is 1. The molecule has 2 nitrogen and oxygen atoms in total. The fraction of sp³-hybridized carbons (Fsp3) is 0.909. The zero-order chi connectivity index (χ0) is 13.5. The summed E-state index contributed by atoms with van der Waals surface area (Å²) in [6.07, 6.45) is -4.43. The van der Waals surface area contributed by atoms with Gasteiger partial charge in [-0.25, -0.2) is 0 Å². The van der Waals surface area contributed by atoms with Crippen LogP contribution in [-0.4, -0.2) is 29.3 Å². The summed E-state index contributed by atoms with van der Waals surface area (Å²) in [5.74, 6) is 0.130. The molecule has 0 rings (SSSR count). The van der Waals surface area contributed by atoms with Crippen molar-refractivity contribution >= 4 is 17.7 Å². The van der Waals surface area contributed by atoms with Gasteiger partial charge in [-0.05, 0) is 26.0 Å². The zero-order valence-corrected chi connectivity index (χ0v) is 11.2. The molecule has 0 aliphatic carbocycles. The minimum Gasteiger partial charge on any atom is -0.464 e. The van der Waals surface area contributed by atoms with Gasteiger partial charge < -0.3 is 4.74 Å². The van der Waals surface area contributed by atoms with E-state index in [9.17, 15) is 18.0 Å². The Hall–Kier alpha value is -0.390. The van der Waals surface area contributed by atoms with Crippen LogP contribution in [0.25, 0.3) is 0 Å². The Morgan fingerprint density at radius 2 is 1.88 bits per heavy atom. The van der Waals surface area contributed by atoms with Crippen molar-refractivity contribution in [2.24, 2.45) is 0 Å². The molecule has 17 heavy (non-hydrogen) atoms. The molecule has 0 aromatic heterocycles. The number of hydrogen-bond acceptors (Lipinski definition) is 3. The van der Waals surface area contributed by atoms with Gasteiger partial charge in [0, 0.05) is 17.6 Å². The summed E-state index contributed by atoms with van der Waals surface area (Å²) in [6.45, 7) is 5.64. The molecule has 0 atom stereocenters. The van der Waals surface area contributed by atoms with Crippen LogP contribution in [0.1, 0.15) is 40.0 Å². The third-order valence-corrected chi connectivity index (χ3v) is 3.36. The van der Waals surface area contributed by atoms with Gasteiger partial charge in [-0.1, -0.05) is 6.92 Å². The largest absolute Gasteiger partial charge is 0.464 e. The summed E-state index contributed by atoms with van der Waals surface area (Å²) in [6, 6.07) is 0. The summed E-state index contributed by atoms with van der Waals surface area (Å²) >= 11 is 1.39. The van der Waals surface area contributed by atoms with Crippen LogP contribution < -0.4 is 0 Å². The molecule has 0 aliphatic rings. The van der Waals surface area contributed by atoms with E-state index in [0.29, 0.717) is 12.2 Å². The fourth-order valence-corrected chi connectivity index (χ4v) is 2.00. The average Bonchev–Trinajstić information content (AvgIpc) is 2.20. The normalized spacial score (nSPS) is 12.6. The number of rotatable bonds is 7. The highest BCUT2D eigenvalue weighted by Crippen LogP contribution is 2.28. The quantitative estimate of drug-likeness (QED) is 0.521. The molecule has 0 amide bonds. The van der Waals surface area contributed by atoms with Gasteiger partial charge in [0.05, 0.1) is 0 Å². The zero-order valence-electron chi connectivity index (χ0n) is 10.4. The second-order valence-electron chi connectivity index (χ2n) is 4.34. The van der Waals surface area contributed by atoms with E-state index < -0.39 is 12.6 Å². The minimum absolute atomic E-state index is 0.0965. The van der Waals surface area contributed by atoms with Gasteiger partial charge in [-0.3, -0.25) is 4.79 Å². The van der Waals surface area contributed by atoms with Crippen molar-refractivity contribution < 1.29 is 22.7 Å². The molecule has 0 saturated carbocycles. The first-order valence-corrected chi connectivity index (χ1v) is 6.51. The lowest BCUT2D eigenvalue weighted by atomic mass is 10.2. The van der Waals surface area contributed by atoms with Crippen molar-refractivity contribution in [3.05, 3.63) is 0 Å². The van der Waals surface area contributed by atoms with Gasteiger partial charge in [0.25, 0.3) is 0 Å². The van der Waals surface area contributed by atoms with Gasteiger partial charge in [0.1, 0.15) is 6.61 Å². The highest BCUT2D eigenvalue weighted by atomic mass is 32.2. The Morgan fingerprint density at radius 3 is 2.35 bits per heavy atom. The monoisotopic (exact) mass is 272 g/mol. The first-order valence-electron chi connectivity index (χ1n) is 5.52. The van der Waals surface area contributed by atoms with Crippen LogP contribution in [0.2, 0.25) is 0 Å². The molecule has 0 aliphatic heterocycles. The van der Waals surface area contributed by atoms with E-state index in [1.165, 1.54) is 11.8 Å². The third kappa shape index (κ3) is 10.5. The van der Waals surface area contributed by atoms with Crippen molar-refractivity contribution in [1.82, 2.24) is 0 Å². The van der Waals surface area contributed by atoms with Gasteiger partial charge >= 0.3 is 12.1 Å². The van der Waals surface area contributed by atoms with E-state index in [1.807, 2.05) is 13.8 Å². The first kappa shape index (κ1) is 16.6. The fourth-order valence-electron chi connectivity index (χ4n) is 1.02. The Bertz CT molecular complexity index is 239. The summed E-state index contributed by atoms with van der Waals surface area (Å²) < 4.78 is 40.3. The van der Waals surface area contributed by atoms with E-state index in [0.717, 1.165) is 0 Å². The van der Waals surface area contributed by atoms with Crippen LogP contribution in [0.3, 0.4) is 0 Å². The lowest BCUT2D eigenvalue weighted by molar-refractivity contribution is -0.143. The molecule has 0 spiro atoms. The molecule has 0 fully saturated rings. The van der Waals surface area contributed by atoms with Gasteiger partial charge in [0.15, 0.2) is 0 Å². The molecular formula is C11H19F3O2S. The molecule has 0 N–H and O–H groups in total. The summed E-state index contributed by atoms with van der Waals surface area (Å²) in [5, 5.41) is 0. The van der Waals surface area contributed by atoms with Crippen LogP contribution in [0.5, 0.6) is 0 Å². The second-order valence-corrected chi connectivity index (χ2v) is 6.14. The molecule has 0 unspecified atom stereocenters. The SMILES string of the molecule is CCC(=O)OCC(C)(C)SCCCC(F)(F)F. The number of ether oxygens (including phenoxy) is 1. The van der Waals surface area contributed by atoms with E-state index in [1.54, 1.807) is 6.92 Å². The smallest absolute Gasteiger partial charge is 0.389 e. The van der Waals surface area contributed by atoms with E-state index in [2.05, 4.69) is 0 Å². The molecule has 0 bridgehead atoms. The highest BCUT2D eigenvalue weighted by molar-refractivity contribution is 8.00. The predicted octanol–water partition coefficient (Wildman–Crippen LogP) is 3.79. The van der Waals surface area contributed by atoms with Gasteiger partial charge in [-0.2, -0.15) is 24.9 Å². The Morgan fingerprint density at radius 1 is 1.29 bits per heavy atom. The Balaban J connectivity index is 3.74. The van der Waals surface area contributed by atoms with Crippen molar-refractivity contribution in [1.29, 1.82) is 0 Å². The van der Waals surface area contributed by atoms with Crippen molar-refractivity contribution in [2.75, 3.05) is 12.4 Å². The van der Waals surface area contributed by atoms with Gasteiger partial charge in [-0.15, -0.1) is 0 Å². The number of alkyl halides is 3. The van der Waals surface area contributed by atoms with Crippen LogP contribution in [0, 0.1) is 0 Å². The van der Waals surface area contributed by atoms with E-state index >= 15 is 0 Å². The van der Waals surface area contributed by atoms with Crippen LogP contribution in [-0.2, 0) is 9.53 Å². The molecule has 0 radical (unpaired) electrons. The maximum absolute atomic E-state index is 11.9. The number of carbonyl (C=O) groups is 1. The first-order chi connectivity index (χ1) is 7.66. The molecule has 0 aromatic rings. The predicted molar refractivity (Wildman–Crippen MR) is 63.1 cm³/mol. The van der Waals surface area contributed by atoms with Crippen LogP contribution >= 0.6 is 11.8 Å². The van der Waals surface area contributed by atoms with Crippen molar-refractivity contribution in [2.45, 2.75) is 51.0 Å². The van der Waals surface area contributed by atoms with E-state index in [-0.39, 0.29) is 23.7 Å². The maximum Gasteiger partial charge on any atom is 0.389 e. The minimum atomic E-state index is -4.08. The lowest BCUT2D eigenvalue weighted by Gasteiger charge is -2.23. The van der Waals surface area contributed by atoms with Crippen LogP contribution in [0.4, 0.5) is 13.2 Å². The Labute approximate surface area is 104 Å². The van der Waals surface area contributed by atoms with Crippen molar-refractivity contribution in [3.63, 3.8) is 0 Å². The molecular weight excluding hydrogens is 253 g/mol. The summed E-state index contributed by atoms with van der Waals surface area (Å²) in [4.78, 5) is 10.9. The van der Waals surface area contributed by atoms with Gasteiger partial charge in [0.2, 0.25) is 0 Å². The lowest BCUT2D eigenvalue weighted by Crippen LogP contribution is -2.25. The standard InChI is InChI=1S/C11H19F3O2S/c1-4-9(15)16-8-10(2,3)17-7-5-6-11(12,13)14/h4-8H2,1-3H3. The number of esters is 1. The van der Waals surface area contributed by atoms with E-state index in [4.69, 9.17) is 4.74 Å². The molecule has 102 valence electrons. The average molecular weight is 272 g/mol. The number of hydrogen-bond donors (Lipinski definition) is 0. The van der Waals surface area contributed by atoms with Crippen molar-refractivity contribution in [3.8, 4) is 0 Å². The topological polar surface area (TPSA) is 26.3 Å².